The molecular weight excluding hydrogens is 172 g/mol. The monoisotopic (exact) mass is 182 g/mol. The molecule has 2 saturated carbocycles. The van der Waals surface area contributed by atoms with Crippen LogP contribution in [0.15, 0.2) is 0 Å². The predicted octanol–water partition coefficient (Wildman–Crippen LogP) is 0.111. The zero-order chi connectivity index (χ0) is 9.22. The maximum atomic E-state index is 11.3. The van der Waals surface area contributed by atoms with Gasteiger partial charge in [-0.1, -0.05) is 0 Å². The SMILES string of the molecule is COC(=O)C1CC2CC23OC(=O)C13. The smallest absolute Gasteiger partial charge is 0.314 e. The standard InChI is InChI=1S/C9H10O4/c1-12-7(10)5-2-4-3-9(4)6(5)8(11)13-9/h4-6H,2-3H2,1H3. The zero-order valence-corrected chi connectivity index (χ0v) is 7.28. The van der Waals surface area contributed by atoms with Crippen LogP contribution in [0.2, 0.25) is 0 Å². The van der Waals surface area contributed by atoms with Crippen molar-refractivity contribution in [3.05, 3.63) is 0 Å². The molecule has 3 fully saturated rings. The van der Waals surface area contributed by atoms with E-state index < -0.39 is 0 Å². The van der Waals surface area contributed by atoms with Crippen molar-refractivity contribution >= 4 is 11.9 Å². The Balaban J connectivity index is 1.87. The minimum absolute atomic E-state index is 0.190. The Bertz CT molecular complexity index is 311. The average Bonchev–Trinajstić information content (AvgIpc) is 2.73. The fourth-order valence-electron chi connectivity index (χ4n) is 2.90. The Labute approximate surface area is 75.2 Å². The highest BCUT2D eigenvalue weighted by atomic mass is 16.6. The van der Waals surface area contributed by atoms with Crippen molar-refractivity contribution in [2.45, 2.75) is 18.4 Å². The highest BCUT2D eigenvalue weighted by Gasteiger charge is 2.79. The fourth-order valence-corrected chi connectivity index (χ4v) is 2.90. The van der Waals surface area contributed by atoms with E-state index in [0.29, 0.717) is 5.92 Å². The molecule has 3 rings (SSSR count). The Morgan fingerprint density at radius 1 is 1.69 bits per heavy atom. The van der Waals surface area contributed by atoms with Crippen LogP contribution in [0.25, 0.3) is 0 Å². The summed E-state index contributed by atoms with van der Waals surface area (Å²) >= 11 is 0. The molecular formula is C9H10O4. The molecule has 0 aromatic rings. The van der Waals surface area contributed by atoms with E-state index >= 15 is 0 Å². The van der Waals surface area contributed by atoms with Crippen LogP contribution in [-0.2, 0) is 19.1 Å². The average molecular weight is 182 g/mol. The number of carbonyl (C=O) groups excluding carboxylic acids is 2. The molecule has 4 heteroatoms. The second kappa shape index (κ2) is 1.89. The molecule has 4 nitrogen and oxygen atoms in total. The topological polar surface area (TPSA) is 52.6 Å². The highest BCUT2D eigenvalue weighted by Crippen LogP contribution is 2.69. The lowest BCUT2D eigenvalue weighted by molar-refractivity contribution is -0.196. The normalized spacial score (nSPS) is 49.9. The Morgan fingerprint density at radius 2 is 2.46 bits per heavy atom. The van der Waals surface area contributed by atoms with Gasteiger partial charge in [0.2, 0.25) is 0 Å². The Morgan fingerprint density at radius 3 is 3.08 bits per heavy atom. The van der Waals surface area contributed by atoms with Gasteiger partial charge in [-0.25, -0.2) is 0 Å². The second-order valence-corrected chi connectivity index (χ2v) is 4.12. The number of carbonyl (C=O) groups is 2. The van der Waals surface area contributed by atoms with Crippen molar-refractivity contribution < 1.29 is 19.1 Å². The first-order valence-electron chi connectivity index (χ1n) is 4.50. The second-order valence-electron chi connectivity index (χ2n) is 4.12. The van der Waals surface area contributed by atoms with Crippen molar-refractivity contribution in [2.24, 2.45) is 17.8 Å². The first-order valence-corrected chi connectivity index (χ1v) is 4.50. The summed E-state index contributed by atoms with van der Waals surface area (Å²) in [7, 11) is 1.36. The molecule has 0 aromatic carbocycles. The molecule has 1 heterocycles. The molecule has 0 N–H and O–H groups in total. The van der Waals surface area contributed by atoms with E-state index in [-0.39, 0.29) is 29.4 Å². The third kappa shape index (κ3) is 0.641. The molecule has 13 heavy (non-hydrogen) atoms. The molecule has 0 amide bonds. The maximum absolute atomic E-state index is 11.3. The molecule has 4 atom stereocenters. The van der Waals surface area contributed by atoms with Crippen LogP contribution in [-0.4, -0.2) is 24.6 Å². The van der Waals surface area contributed by atoms with E-state index in [0.717, 1.165) is 12.8 Å². The van der Waals surface area contributed by atoms with E-state index in [2.05, 4.69) is 4.74 Å². The van der Waals surface area contributed by atoms with Crippen LogP contribution < -0.4 is 0 Å². The fraction of sp³-hybridized carbons (Fsp3) is 0.778. The van der Waals surface area contributed by atoms with Gasteiger partial charge in [-0.2, -0.15) is 0 Å². The summed E-state index contributed by atoms with van der Waals surface area (Å²) in [5.41, 5.74) is -0.226. The number of methoxy groups -OCH3 is 1. The first kappa shape index (κ1) is 7.35. The summed E-state index contributed by atoms with van der Waals surface area (Å²) in [5.74, 6) is -0.460. The summed E-state index contributed by atoms with van der Waals surface area (Å²) in [5, 5.41) is 0. The van der Waals surface area contributed by atoms with Crippen LogP contribution in [0.1, 0.15) is 12.8 Å². The van der Waals surface area contributed by atoms with Gasteiger partial charge in [0.15, 0.2) is 0 Å². The number of rotatable bonds is 1. The molecule has 1 aliphatic heterocycles. The van der Waals surface area contributed by atoms with Gasteiger partial charge in [-0.3, -0.25) is 9.59 Å². The van der Waals surface area contributed by atoms with E-state index in [1.807, 2.05) is 0 Å². The van der Waals surface area contributed by atoms with Crippen molar-refractivity contribution in [2.75, 3.05) is 7.11 Å². The van der Waals surface area contributed by atoms with E-state index in [4.69, 9.17) is 4.74 Å². The predicted molar refractivity (Wildman–Crippen MR) is 40.5 cm³/mol. The van der Waals surface area contributed by atoms with Crippen molar-refractivity contribution in [1.82, 2.24) is 0 Å². The quantitative estimate of drug-likeness (QED) is 0.540. The number of esters is 2. The molecule has 0 aromatic heterocycles. The molecule has 0 bridgehead atoms. The summed E-state index contributed by atoms with van der Waals surface area (Å²) in [6.07, 6.45) is 1.72. The van der Waals surface area contributed by atoms with Gasteiger partial charge in [0, 0.05) is 5.92 Å². The van der Waals surface area contributed by atoms with E-state index in [1.54, 1.807) is 0 Å². The highest BCUT2D eigenvalue weighted by molar-refractivity contribution is 5.90. The molecule has 2 aliphatic carbocycles. The van der Waals surface area contributed by atoms with Crippen molar-refractivity contribution in [3.8, 4) is 0 Å². The van der Waals surface area contributed by atoms with Crippen LogP contribution in [0.3, 0.4) is 0 Å². The van der Waals surface area contributed by atoms with Crippen molar-refractivity contribution in [1.29, 1.82) is 0 Å². The largest absolute Gasteiger partial charge is 0.469 e. The first-order chi connectivity index (χ1) is 6.19. The molecule has 3 aliphatic rings. The number of hydrogen-bond acceptors (Lipinski definition) is 4. The Kier molecular flexibility index (Phi) is 1.07. The summed E-state index contributed by atoms with van der Waals surface area (Å²) in [4.78, 5) is 22.4. The third-order valence-corrected chi connectivity index (χ3v) is 3.61. The molecule has 1 spiro atoms. The molecule has 0 radical (unpaired) electrons. The Hall–Kier alpha value is -1.06. The lowest BCUT2D eigenvalue weighted by Crippen LogP contribution is -2.50. The third-order valence-electron chi connectivity index (χ3n) is 3.61. The van der Waals surface area contributed by atoms with Gasteiger partial charge < -0.3 is 9.47 Å². The van der Waals surface area contributed by atoms with Crippen LogP contribution >= 0.6 is 0 Å². The van der Waals surface area contributed by atoms with Crippen LogP contribution in [0.5, 0.6) is 0 Å². The summed E-state index contributed by atoms with van der Waals surface area (Å²) in [6.45, 7) is 0. The number of ether oxygens (including phenoxy) is 2. The minimum atomic E-state index is -0.256. The lowest BCUT2D eigenvalue weighted by Gasteiger charge is -2.35. The minimum Gasteiger partial charge on any atom is -0.469 e. The molecule has 4 unspecified atom stereocenters. The molecule has 70 valence electrons. The number of hydrogen-bond donors (Lipinski definition) is 0. The van der Waals surface area contributed by atoms with Crippen LogP contribution in [0.4, 0.5) is 0 Å². The summed E-state index contributed by atoms with van der Waals surface area (Å²) < 4.78 is 9.76. The maximum Gasteiger partial charge on any atom is 0.314 e. The van der Waals surface area contributed by atoms with E-state index in [1.165, 1.54) is 7.11 Å². The zero-order valence-electron chi connectivity index (χ0n) is 7.28. The van der Waals surface area contributed by atoms with Gasteiger partial charge in [0.1, 0.15) is 11.5 Å². The van der Waals surface area contributed by atoms with Gasteiger partial charge in [0.25, 0.3) is 0 Å². The lowest BCUT2D eigenvalue weighted by atomic mass is 9.86. The summed E-state index contributed by atoms with van der Waals surface area (Å²) in [6, 6.07) is 0. The molecule has 1 saturated heterocycles. The van der Waals surface area contributed by atoms with Gasteiger partial charge in [-0.05, 0) is 12.8 Å². The van der Waals surface area contributed by atoms with Gasteiger partial charge >= 0.3 is 11.9 Å². The van der Waals surface area contributed by atoms with Crippen LogP contribution in [0, 0.1) is 17.8 Å². The van der Waals surface area contributed by atoms with E-state index in [9.17, 15) is 9.59 Å². The van der Waals surface area contributed by atoms with Crippen molar-refractivity contribution in [3.63, 3.8) is 0 Å². The van der Waals surface area contributed by atoms with Gasteiger partial charge in [-0.15, -0.1) is 0 Å². The van der Waals surface area contributed by atoms with Gasteiger partial charge in [0.05, 0.1) is 13.0 Å².